The van der Waals surface area contributed by atoms with E-state index in [-0.39, 0.29) is 12.2 Å². The van der Waals surface area contributed by atoms with E-state index in [9.17, 15) is 18.0 Å². The van der Waals surface area contributed by atoms with Crippen molar-refractivity contribution in [3.63, 3.8) is 0 Å². The van der Waals surface area contributed by atoms with Crippen LogP contribution < -0.4 is 10.3 Å². The Kier molecular flexibility index (Phi) is 4.80. The van der Waals surface area contributed by atoms with Crippen molar-refractivity contribution in [1.29, 1.82) is 0 Å². The third kappa shape index (κ3) is 4.13. The second-order valence-corrected chi connectivity index (χ2v) is 6.45. The number of H-pyrrole nitrogens is 1. The number of ether oxygens (including phenoxy) is 1. The van der Waals surface area contributed by atoms with Crippen LogP contribution in [0.5, 0.6) is 5.75 Å². The summed E-state index contributed by atoms with van der Waals surface area (Å²) in [5.74, 6) is 0.842. The summed E-state index contributed by atoms with van der Waals surface area (Å²) < 4.78 is 44.2. The molecule has 1 heterocycles. The molecular weight excluding hydrogens is 381 g/mol. The summed E-state index contributed by atoms with van der Waals surface area (Å²) in [6, 6.07) is 18.9. The number of para-hydroxylation sites is 1. The number of alkyl halides is 3. The Labute approximate surface area is 163 Å². The molecule has 0 aliphatic rings. The minimum absolute atomic E-state index is 0.0188. The molecule has 3 aromatic carbocycles. The van der Waals surface area contributed by atoms with Gasteiger partial charge >= 0.3 is 6.18 Å². The first-order chi connectivity index (χ1) is 13.9. The van der Waals surface area contributed by atoms with E-state index in [2.05, 4.69) is 9.97 Å². The van der Waals surface area contributed by atoms with Gasteiger partial charge in [0.15, 0.2) is 0 Å². The Bertz CT molecular complexity index is 1230. The quantitative estimate of drug-likeness (QED) is 0.517. The van der Waals surface area contributed by atoms with Gasteiger partial charge in [0.2, 0.25) is 0 Å². The summed E-state index contributed by atoms with van der Waals surface area (Å²) in [5, 5.41) is 0.494. The molecule has 0 unspecified atom stereocenters. The molecule has 1 aromatic heterocycles. The first kappa shape index (κ1) is 18.7. The molecule has 0 bridgehead atoms. The van der Waals surface area contributed by atoms with E-state index in [1.165, 1.54) is 6.07 Å². The first-order valence-corrected chi connectivity index (χ1v) is 8.78. The van der Waals surface area contributed by atoms with E-state index in [0.717, 1.165) is 12.1 Å². The van der Waals surface area contributed by atoms with Crippen molar-refractivity contribution in [1.82, 2.24) is 9.97 Å². The maximum atomic E-state index is 12.8. The molecule has 29 heavy (non-hydrogen) atoms. The predicted octanol–water partition coefficient (Wildman–Crippen LogP) is 5.19. The normalized spacial score (nSPS) is 11.6. The summed E-state index contributed by atoms with van der Waals surface area (Å²) in [4.78, 5) is 19.5. The smallest absolute Gasteiger partial charge is 0.416 e. The number of rotatable bonds is 4. The Morgan fingerprint density at radius 2 is 1.72 bits per heavy atom. The number of halogens is 3. The Balaban J connectivity index is 1.58. The van der Waals surface area contributed by atoms with Crippen molar-refractivity contribution in [3.8, 4) is 17.1 Å². The lowest BCUT2D eigenvalue weighted by atomic mass is 10.1. The molecule has 1 N–H and O–H groups in total. The zero-order valence-electron chi connectivity index (χ0n) is 15.0. The minimum atomic E-state index is -4.40. The monoisotopic (exact) mass is 396 g/mol. The van der Waals surface area contributed by atoms with E-state index in [1.807, 2.05) is 0 Å². The van der Waals surface area contributed by atoms with Gasteiger partial charge in [-0.1, -0.05) is 36.4 Å². The summed E-state index contributed by atoms with van der Waals surface area (Å²) in [6.45, 7) is -0.0188. The standard InChI is InChI=1S/C22H15F3N2O2/c23-22(24,25)16-7-3-5-14(11-16)13-29-17-8-4-6-15(12-17)20-26-19-10-2-1-9-18(19)21(28)27-20/h1-12H,13H2,(H,26,27,28). The number of nitrogens with one attached hydrogen (secondary N) is 1. The minimum Gasteiger partial charge on any atom is -0.489 e. The third-order valence-electron chi connectivity index (χ3n) is 4.38. The number of hydrogen-bond donors (Lipinski definition) is 1. The lowest BCUT2D eigenvalue weighted by Gasteiger charge is -2.11. The summed E-state index contributed by atoms with van der Waals surface area (Å²) in [7, 11) is 0. The van der Waals surface area contributed by atoms with Gasteiger partial charge in [0.1, 0.15) is 18.2 Å². The molecule has 0 aliphatic carbocycles. The molecule has 0 fully saturated rings. The molecule has 0 atom stereocenters. The van der Waals surface area contributed by atoms with E-state index in [0.29, 0.717) is 33.6 Å². The fraction of sp³-hybridized carbons (Fsp3) is 0.0909. The molecule has 4 rings (SSSR count). The average molecular weight is 396 g/mol. The molecule has 146 valence electrons. The largest absolute Gasteiger partial charge is 0.489 e. The van der Waals surface area contributed by atoms with Crippen LogP contribution in [0, 0.1) is 0 Å². The van der Waals surface area contributed by atoms with Crippen LogP contribution in [0.25, 0.3) is 22.3 Å². The number of aromatic amines is 1. The lowest BCUT2D eigenvalue weighted by Crippen LogP contribution is -2.09. The third-order valence-corrected chi connectivity index (χ3v) is 4.38. The van der Waals surface area contributed by atoms with E-state index in [1.54, 1.807) is 54.6 Å². The fourth-order valence-corrected chi connectivity index (χ4v) is 2.96. The van der Waals surface area contributed by atoms with Crippen molar-refractivity contribution < 1.29 is 17.9 Å². The molecule has 0 saturated carbocycles. The molecule has 0 amide bonds. The molecule has 0 saturated heterocycles. The molecule has 0 spiro atoms. The van der Waals surface area contributed by atoms with Gasteiger partial charge in [-0.05, 0) is 42.0 Å². The highest BCUT2D eigenvalue weighted by Gasteiger charge is 2.30. The van der Waals surface area contributed by atoms with E-state index < -0.39 is 11.7 Å². The van der Waals surface area contributed by atoms with Gasteiger partial charge in [0, 0.05) is 5.56 Å². The molecule has 4 nitrogen and oxygen atoms in total. The lowest BCUT2D eigenvalue weighted by molar-refractivity contribution is -0.137. The number of benzene rings is 3. The van der Waals surface area contributed by atoms with Crippen LogP contribution in [0.1, 0.15) is 11.1 Å². The SMILES string of the molecule is O=c1[nH]c(-c2cccc(OCc3cccc(C(F)(F)F)c3)c2)nc2ccccc12. The van der Waals surface area contributed by atoms with Crippen LogP contribution in [0.2, 0.25) is 0 Å². The molecule has 4 aromatic rings. The topological polar surface area (TPSA) is 55.0 Å². The van der Waals surface area contributed by atoms with Gasteiger partial charge < -0.3 is 9.72 Å². The van der Waals surface area contributed by atoms with Gasteiger partial charge in [-0.15, -0.1) is 0 Å². The summed E-state index contributed by atoms with van der Waals surface area (Å²) >= 11 is 0. The maximum absolute atomic E-state index is 12.8. The van der Waals surface area contributed by atoms with E-state index >= 15 is 0 Å². The van der Waals surface area contributed by atoms with Crippen LogP contribution in [-0.2, 0) is 12.8 Å². The van der Waals surface area contributed by atoms with Crippen molar-refractivity contribution in [2.75, 3.05) is 0 Å². The highest BCUT2D eigenvalue weighted by molar-refractivity contribution is 5.79. The Hall–Kier alpha value is -3.61. The molecule has 0 aliphatic heterocycles. The van der Waals surface area contributed by atoms with Gasteiger partial charge in [0.05, 0.1) is 16.5 Å². The number of hydrogen-bond acceptors (Lipinski definition) is 3. The Morgan fingerprint density at radius 3 is 2.55 bits per heavy atom. The second kappa shape index (κ2) is 7.43. The number of fused-ring (bicyclic) bond motifs is 1. The maximum Gasteiger partial charge on any atom is 0.416 e. The van der Waals surface area contributed by atoms with Crippen molar-refractivity contribution in [2.24, 2.45) is 0 Å². The fourth-order valence-electron chi connectivity index (χ4n) is 2.96. The first-order valence-electron chi connectivity index (χ1n) is 8.78. The van der Waals surface area contributed by atoms with Gasteiger partial charge in [-0.2, -0.15) is 13.2 Å². The molecular formula is C22H15F3N2O2. The number of nitrogens with zero attached hydrogens (tertiary/aromatic N) is 1. The van der Waals surface area contributed by atoms with Crippen molar-refractivity contribution >= 4 is 10.9 Å². The zero-order chi connectivity index (χ0) is 20.4. The van der Waals surface area contributed by atoms with E-state index in [4.69, 9.17) is 4.74 Å². The van der Waals surface area contributed by atoms with Crippen LogP contribution >= 0.6 is 0 Å². The summed E-state index contributed by atoms with van der Waals surface area (Å²) in [5.41, 5.74) is 0.643. The highest BCUT2D eigenvalue weighted by Crippen LogP contribution is 2.30. The van der Waals surface area contributed by atoms with Gasteiger partial charge in [-0.25, -0.2) is 4.98 Å². The molecule has 7 heteroatoms. The second-order valence-electron chi connectivity index (χ2n) is 6.45. The highest BCUT2D eigenvalue weighted by atomic mass is 19.4. The predicted molar refractivity (Wildman–Crippen MR) is 104 cm³/mol. The zero-order valence-corrected chi connectivity index (χ0v) is 15.0. The van der Waals surface area contributed by atoms with Crippen LogP contribution in [0.3, 0.4) is 0 Å². The van der Waals surface area contributed by atoms with Crippen LogP contribution in [0.15, 0.2) is 77.6 Å². The summed E-state index contributed by atoms with van der Waals surface area (Å²) in [6.07, 6.45) is -4.40. The van der Waals surface area contributed by atoms with Gasteiger partial charge in [-0.3, -0.25) is 4.79 Å². The number of aromatic nitrogens is 2. The van der Waals surface area contributed by atoms with Crippen molar-refractivity contribution in [2.45, 2.75) is 12.8 Å². The molecule has 0 radical (unpaired) electrons. The van der Waals surface area contributed by atoms with Gasteiger partial charge in [0.25, 0.3) is 5.56 Å². The van der Waals surface area contributed by atoms with Crippen LogP contribution in [-0.4, -0.2) is 9.97 Å². The Morgan fingerprint density at radius 1 is 0.931 bits per heavy atom. The average Bonchev–Trinajstić information content (AvgIpc) is 2.72. The van der Waals surface area contributed by atoms with Crippen molar-refractivity contribution in [3.05, 3.63) is 94.3 Å². The van der Waals surface area contributed by atoms with Crippen LogP contribution in [0.4, 0.5) is 13.2 Å².